The number of nitrogens with zero attached hydrogens (tertiary/aromatic N) is 1. The normalized spacial score (nSPS) is 16.3. The minimum absolute atomic E-state index is 0.0354. The molecule has 2 rings (SSSR count). The molecule has 90 valence electrons. The van der Waals surface area contributed by atoms with Crippen molar-refractivity contribution < 1.29 is 19.1 Å². The topological polar surface area (TPSA) is 57.6 Å². The number of carbonyl (C=O) groups is 2. The number of aliphatic hydroxyl groups is 1. The summed E-state index contributed by atoms with van der Waals surface area (Å²) in [6, 6.07) is 3.54. The molecule has 0 bridgehead atoms. The number of rotatable bonds is 3. The molecule has 1 aromatic rings. The van der Waals surface area contributed by atoms with Crippen LogP contribution in [-0.2, 0) is 4.79 Å². The quantitative estimate of drug-likeness (QED) is 0.672. The van der Waals surface area contributed by atoms with Crippen LogP contribution in [0.4, 0.5) is 10.1 Å². The van der Waals surface area contributed by atoms with Crippen LogP contribution in [0.2, 0.25) is 0 Å². The largest absolute Gasteiger partial charge is 0.390 e. The van der Waals surface area contributed by atoms with Gasteiger partial charge in [-0.05, 0) is 18.2 Å². The fourth-order valence-corrected chi connectivity index (χ4v) is 1.91. The van der Waals surface area contributed by atoms with Crippen molar-refractivity contribution in [1.29, 1.82) is 0 Å². The average molecular weight is 302 g/mol. The number of amides is 1. The van der Waals surface area contributed by atoms with Gasteiger partial charge in [0.1, 0.15) is 5.82 Å². The van der Waals surface area contributed by atoms with E-state index in [4.69, 9.17) is 0 Å². The molecule has 0 saturated heterocycles. The molecule has 0 spiro atoms. The van der Waals surface area contributed by atoms with E-state index in [2.05, 4.69) is 15.9 Å². The summed E-state index contributed by atoms with van der Waals surface area (Å²) in [6.45, 7) is -0.0354. The van der Waals surface area contributed by atoms with Gasteiger partial charge in [-0.3, -0.25) is 9.59 Å². The molecule has 1 unspecified atom stereocenters. The highest BCUT2D eigenvalue weighted by Crippen LogP contribution is 2.29. The van der Waals surface area contributed by atoms with Crippen LogP contribution in [0.25, 0.3) is 0 Å². The van der Waals surface area contributed by atoms with Gasteiger partial charge in [0, 0.05) is 5.33 Å². The van der Waals surface area contributed by atoms with E-state index in [9.17, 15) is 19.1 Å². The third kappa shape index (κ3) is 2.10. The number of anilines is 1. The van der Waals surface area contributed by atoms with E-state index in [0.717, 1.165) is 17.0 Å². The molecule has 1 heterocycles. The second-order valence-corrected chi connectivity index (χ2v) is 4.36. The van der Waals surface area contributed by atoms with Gasteiger partial charge in [-0.1, -0.05) is 15.9 Å². The van der Waals surface area contributed by atoms with Crippen LogP contribution in [0.3, 0.4) is 0 Å². The maximum atomic E-state index is 13.1. The van der Waals surface area contributed by atoms with Crippen LogP contribution >= 0.6 is 15.9 Å². The van der Waals surface area contributed by atoms with Gasteiger partial charge in [-0.2, -0.15) is 0 Å². The van der Waals surface area contributed by atoms with Crippen LogP contribution in [0.15, 0.2) is 18.2 Å². The summed E-state index contributed by atoms with van der Waals surface area (Å²) in [5.74, 6) is -1.92. The van der Waals surface area contributed by atoms with Crippen LogP contribution in [0, 0.1) is 5.82 Å². The Morgan fingerprint density at radius 2 is 2.12 bits per heavy atom. The first-order valence-corrected chi connectivity index (χ1v) is 6.06. The maximum Gasteiger partial charge on any atom is 0.299 e. The molecule has 0 aliphatic carbocycles. The van der Waals surface area contributed by atoms with Crippen LogP contribution < -0.4 is 4.90 Å². The van der Waals surface area contributed by atoms with E-state index in [1.807, 2.05) is 0 Å². The van der Waals surface area contributed by atoms with E-state index in [1.54, 1.807) is 0 Å². The summed E-state index contributed by atoms with van der Waals surface area (Å²) in [5, 5.41) is 9.74. The molecule has 0 saturated carbocycles. The zero-order valence-electron chi connectivity index (χ0n) is 8.69. The average Bonchev–Trinajstić information content (AvgIpc) is 2.54. The molecule has 4 nitrogen and oxygen atoms in total. The van der Waals surface area contributed by atoms with Crippen molar-refractivity contribution in [2.45, 2.75) is 6.10 Å². The van der Waals surface area contributed by atoms with Crippen molar-refractivity contribution >= 4 is 33.3 Å². The maximum absolute atomic E-state index is 13.1. The Morgan fingerprint density at radius 1 is 1.41 bits per heavy atom. The zero-order valence-corrected chi connectivity index (χ0v) is 10.3. The predicted molar refractivity (Wildman–Crippen MR) is 62.9 cm³/mol. The summed E-state index contributed by atoms with van der Waals surface area (Å²) in [7, 11) is 0. The minimum Gasteiger partial charge on any atom is -0.390 e. The summed E-state index contributed by atoms with van der Waals surface area (Å²) >= 11 is 3.06. The molecule has 1 amide bonds. The molecule has 0 aromatic heterocycles. The summed E-state index contributed by atoms with van der Waals surface area (Å²) < 4.78 is 13.1. The van der Waals surface area contributed by atoms with Gasteiger partial charge in [0.2, 0.25) is 0 Å². The van der Waals surface area contributed by atoms with Gasteiger partial charge < -0.3 is 10.0 Å². The van der Waals surface area contributed by atoms with Crippen molar-refractivity contribution in [3.8, 4) is 0 Å². The number of hydrogen-bond donors (Lipinski definition) is 1. The number of benzene rings is 1. The Balaban J connectivity index is 2.39. The van der Waals surface area contributed by atoms with Gasteiger partial charge in [-0.15, -0.1) is 0 Å². The Labute approximate surface area is 105 Å². The van der Waals surface area contributed by atoms with Crippen molar-refractivity contribution in [3.05, 3.63) is 29.6 Å². The lowest BCUT2D eigenvalue weighted by molar-refractivity contribution is -0.114. The highest BCUT2D eigenvalue weighted by molar-refractivity contribution is 9.09. The minimum atomic E-state index is -0.805. The van der Waals surface area contributed by atoms with E-state index in [0.29, 0.717) is 0 Å². The SMILES string of the molecule is O=C1C(=O)N(CC(O)CBr)c2cc(F)ccc21. The first kappa shape index (κ1) is 12.2. The molecular formula is C11H9BrFNO3. The van der Waals surface area contributed by atoms with Crippen LogP contribution in [0.5, 0.6) is 0 Å². The molecule has 6 heteroatoms. The van der Waals surface area contributed by atoms with Gasteiger partial charge in [-0.25, -0.2) is 4.39 Å². The Hall–Kier alpha value is -1.27. The molecule has 1 aliphatic heterocycles. The van der Waals surface area contributed by atoms with Gasteiger partial charge >= 0.3 is 0 Å². The number of halogens is 2. The lowest BCUT2D eigenvalue weighted by atomic mass is 10.1. The van der Waals surface area contributed by atoms with E-state index in [1.165, 1.54) is 6.07 Å². The van der Waals surface area contributed by atoms with Crippen LogP contribution in [0.1, 0.15) is 10.4 Å². The monoisotopic (exact) mass is 301 g/mol. The van der Waals surface area contributed by atoms with Gasteiger partial charge in [0.25, 0.3) is 11.7 Å². The number of β-amino-alcohol motifs (C(OH)–C–C–N with tert-alkyl or cyclic N) is 1. The van der Waals surface area contributed by atoms with E-state index < -0.39 is 23.6 Å². The number of Topliss-reactive ketones (excluding diaryl/α,β-unsaturated/α-hetero) is 1. The number of carbonyl (C=O) groups excluding carboxylic acids is 2. The molecule has 0 fully saturated rings. The highest BCUT2D eigenvalue weighted by Gasteiger charge is 2.36. The molecule has 1 aliphatic rings. The second kappa shape index (κ2) is 4.54. The summed E-state index contributed by atoms with van der Waals surface area (Å²) in [6.07, 6.45) is -0.805. The van der Waals surface area contributed by atoms with Crippen molar-refractivity contribution in [2.75, 3.05) is 16.8 Å². The fraction of sp³-hybridized carbons (Fsp3) is 0.273. The van der Waals surface area contributed by atoms with E-state index >= 15 is 0 Å². The van der Waals surface area contributed by atoms with Crippen LogP contribution in [-0.4, -0.2) is 34.8 Å². The van der Waals surface area contributed by atoms with Crippen molar-refractivity contribution in [3.63, 3.8) is 0 Å². The first-order chi connectivity index (χ1) is 8.04. The summed E-state index contributed by atoms with van der Waals surface area (Å²) in [4.78, 5) is 24.3. The highest BCUT2D eigenvalue weighted by atomic mass is 79.9. The fourth-order valence-electron chi connectivity index (χ4n) is 1.71. The lowest BCUT2D eigenvalue weighted by Crippen LogP contribution is -2.37. The lowest BCUT2D eigenvalue weighted by Gasteiger charge is -2.19. The zero-order chi connectivity index (χ0) is 12.6. The van der Waals surface area contributed by atoms with Gasteiger partial charge in [0.15, 0.2) is 0 Å². The Bertz CT molecular complexity index is 492. The smallest absolute Gasteiger partial charge is 0.299 e. The van der Waals surface area contributed by atoms with Crippen molar-refractivity contribution in [1.82, 2.24) is 0 Å². The van der Waals surface area contributed by atoms with Gasteiger partial charge in [0.05, 0.1) is 23.9 Å². The number of alkyl halides is 1. The standard InChI is InChI=1S/C11H9BrFNO3/c12-4-7(15)5-14-9-3-6(13)1-2-8(9)10(16)11(14)17/h1-3,7,15H,4-5H2. The Morgan fingerprint density at radius 3 is 2.76 bits per heavy atom. The first-order valence-electron chi connectivity index (χ1n) is 4.94. The molecule has 1 atom stereocenters. The number of fused-ring (bicyclic) bond motifs is 1. The number of ketones is 1. The Kier molecular flexibility index (Phi) is 3.26. The third-order valence-corrected chi connectivity index (χ3v) is 3.25. The third-order valence-electron chi connectivity index (χ3n) is 2.51. The van der Waals surface area contributed by atoms with E-state index in [-0.39, 0.29) is 23.1 Å². The predicted octanol–water partition coefficient (Wildman–Crippen LogP) is 1.11. The molecule has 0 radical (unpaired) electrons. The van der Waals surface area contributed by atoms with Crippen molar-refractivity contribution in [2.24, 2.45) is 0 Å². The molecule has 17 heavy (non-hydrogen) atoms. The molecule has 1 aromatic carbocycles. The molecular weight excluding hydrogens is 293 g/mol. The molecule has 1 N–H and O–H groups in total. The number of hydrogen-bond acceptors (Lipinski definition) is 3. The number of aliphatic hydroxyl groups excluding tert-OH is 1. The summed E-state index contributed by atoms with van der Waals surface area (Å²) in [5.41, 5.74) is 0.401. The second-order valence-electron chi connectivity index (χ2n) is 3.71.